The molecule has 4 N–H and O–H groups in total. The second kappa shape index (κ2) is 34.9. The van der Waals surface area contributed by atoms with Crippen LogP contribution in [0.3, 0.4) is 0 Å². The predicted octanol–water partition coefficient (Wildman–Crippen LogP) is 9.08. The lowest BCUT2D eigenvalue weighted by molar-refractivity contribution is -0.305. The van der Waals surface area contributed by atoms with Gasteiger partial charge in [0.1, 0.15) is 30.5 Å². The van der Waals surface area contributed by atoms with Crippen molar-refractivity contribution in [3.63, 3.8) is 0 Å². The Bertz CT molecular complexity index is 752. The van der Waals surface area contributed by atoms with Crippen LogP contribution in [0.5, 0.6) is 0 Å². The molecule has 0 aromatic heterocycles. The van der Waals surface area contributed by atoms with Gasteiger partial charge in [-0.05, 0) is 12.8 Å². The van der Waals surface area contributed by atoms with Crippen molar-refractivity contribution in [3.8, 4) is 0 Å². The van der Waals surface area contributed by atoms with Gasteiger partial charge in [0.15, 0.2) is 6.29 Å². The van der Waals surface area contributed by atoms with Gasteiger partial charge in [0, 0.05) is 13.0 Å². The standard InChI is InChI=1S/C42H82O9/c1-3-5-7-9-11-13-15-16-17-18-19-20-21-22-24-26-28-30-32-48-34-36(35-49-42-41(47)40(46)39(45)37(33-43)51-42)50-38(44)31-29-27-25-23-14-12-10-8-6-4-2/h36-37,39-43,45-47H,3-35H2,1-2H3. The third kappa shape index (κ3) is 26.6. The summed E-state index contributed by atoms with van der Waals surface area (Å²) in [6.45, 7) is 4.58. The minimum atomic E-state index is -1.53. The fraction of sp³-hybridized carbons (Fsp3) is 0.976. The summed E-state index contributed by atoms with van der Waals surface area (Å²) in [5.41, 5.74) is 0. The minimum Gasteiger partial charge on any atom is -0.457 e. The molecule has 6 atom stereocenters. The Morgan fingerprint density at radius 1 is 0.549 bits per heavy atom. The highest BCUT2D eigenvalue weighted by atomic mass is 16.7. The molecule has 0 radical (unpaired) electrons. The molecule has 1 fully saturated rings. The van der Waals surface area contributed by atoms with Gasteiger partial charge in [0.25, 0.3) is 0 Å². The van der Waals surface area contributed by atoms with Crippen LogP contribution >= 0.6 is 0 Å². The third-order valence-electron chi connectivity index (χ3n) is 10.3. The largest absolute Gasteiger partial charge is 0.457 e. The zero-order valence-corrected chi connectivity index (χ0v) is 33.1. The Labute approximate surface area is 312 Å². The number of carbonyl (C=O) groups is 1. The van der Waals surface area contributed by atoms with E-state index in [4.69, 9.17) is 18.9 Å². The average molecular weight is 731 g/mol. The number of hydrogen-bond acceptors (Lipinski definition) is 9. The average Bonchev–Trinajstić information content (AvgIpc) is 3.13. The van der Waals surface area contributed by atoms with Crippen LogP contribution in [-0.2, 0) is 23.7 Å². The van der Waals surface area contributed by atoms with Gasteiger partial charge in [-0.3, -0.25) is 4.79 Å². The molecule has 1 rings (SSSR count). The predicted molar refractivity (Wildman–Crippen MR) is 206 cm³/mol. The normalized spacial score (nSPS) is 21.3. The van der Waals surface area contributed by atoms with Crippen LogP contribution in [0.1, 0.15) is 200 Å². The number of hydrogen-bond donors (Lipinski definition) is 4. The summed E-state index contributed by atoms with van der Waals surface area (Å²) in [7, 11) is 0. The van der Waals surface area contributed by atoms with Gasteiger partial charge in [0.05, 0.1) is 19.8 Å². The van der Waals surface area contributed by atoms with Crippen molar-refractivity contribution in [1.29, 1.82) is 0 Å². The number of unbranched alkanes of at least 4 members (excludes halogenated alkanes) is 26. The maximum absolute atomic E-state index is 12.7. The first-order chi connectivity index (χ1) is 24.9. The van der Waals surface area contributed by atoms with E-state index in [1.54, 1.807) is 0 Å². The first kappa shape index (κ1) is 48.2. The molecule has 0 saturated carbocycles. The molecule has 1 heterocycles. The lowest BCUT2D eigenvalue weighted by Crippen LogP contribution is -2.59. The van der Waals surface area contributed by atoms with Crippen molar-refractivity contribution >= 4 is 5.97 Å². The Hall–Kier alpha value is -0.810. The molecule has 0 amide bonds. The van der Waals surface area contributed by atoms with Gasteiger partial charge in [-0.2, -0.15) is 0 Å². The van der Waals surface area contributed by atoms with Crippen LogP contribution in [0.15, 0.2) is 0 Å². The summed E-state index contributed by atoms with van der Waals surface area (Å²) in [6, 6.07) is 0. The van der Waals surface area contributed by atoms with Crippen molar-refractivity contribution in [3.05, 3.63) is 0 Å². The van der Waals surface area contributed by atoms with Crippen LogP contribution in [-0.4, -0.2) is 89.6 Å². The highest BCUT2D eigenvalue weighted by molar-refractivity contribution is 5.69. The van der Waals surface area contributed by atoms with E-state index in [1.807, 2.05) is 0 Å². The van der Waals surface area contributed by atoms with Crippen LogP contribution < -0.4 is 0 Å². The van der Waals surface area contributed by atoms with E-state index in [9.17, 15) is 25.2 Å². The Kier molecular flexibility index (Phi) is 33.0. The topological polar surface area (TPSA) is 135 Å². The van der Waals surface area contributed by atoms with Crippen molar-refractivity contribution < 1.29 is 44.2 Å². The fourth-order valence-corrected chi connectivity index (χ4v) is 6.85. The van der Waals surface area contributed by atoms with Crippen LogP contribution in [0, 0.1) is 0 Å². The number of rotatable bonds is 37. The van der Waals surface area contributed by atoms with E-state index in [0.717, 1.165) is 32.1 Å². The molecular weight excluding hydrogens is 648 g/mol. The quantitative estimate of drug-likeness (QED) is 0.0365. The Morgan fingerprint density at radius 3 is 1.39 bits per heavy atom. The van der Waals surface area contributed by atoms with Crippen molar-refractivity contribution in [1.82, 2.24) is 0 Å². The van der Waals surface area contributed by atoms with E-state index >= 15 is 0 Å². The Morgan fingerprint density at radius 2 is 0.961 bits per heavy atom. The fourth-order valence-electron chi connectivity index (χ4n) is 6.85. The summed E-state index contributed by atoms with van der Waals surface area (Å²) in [4.78, 5) is 12.7. The maximum Gasteiger partial charge on any atom is 0.306 e. The molecule has 0 aromatic carbocycles. The molecule has 1 aliphatic rings. The molecule has 0 spiro atoms. The van der Waals surface area contributed by atoms with Gasteiger partial charge in [-0.1, -0.05) is 181 Å². The highest BCUT2D eigenvalue weighted by Gasteiger charge is 2.44. The molecule has 1 aliphatic heterocycles. The SMILES string of the molecule is CCCCCCCCCCCCCCCCCCCCOCC(COC1OC(CO)C(O)C(O)C1O)OC(=O)CCCCCCCCCCCC. The number of aliphatic hydroxyl groups excluding tert-OH is 4. The van der Waals surface area contributed by atoms with Crippen LogP contribution in [0.25, 0.3) is 0 Å². The second-order valence-electron chi connectivity index (χ2n) is 15.2. The molecule has 0 bridgehead atoms. The van der Waals surface area contributed by atoms with Gasteiger partial charge in [-0.15, -0.1) is 0 Å². The Balaban J connectivity index is 2.22. The molecule has 51 heavy (non-hydrogen) atoms. The van der Waals surface area contributed by atoms with Gasteiger partial charge >= 0.3 is 5.97 Å². The lowest BCUT2D eigenvalue weighted by Gasteiger charge is -2.39. The van der Waals surface area contributed by atoms with E-state index in [2.05, 4.69) is 13.8 Å². The monoisotopic (exact) mass is 731 g/mol. The van der Waals surface area contributed by atoms with E-state index < -0.39 is 43.4 Å². The number of aliphatic hydroxyl groups is 4. The zero-order valence-electron chi connectivity index (χ0n) is 33.1. The number of carbonyl (C=O) groups excluding carboxylic acids is 1. The summed E-state index contributed by atoms with van der Waals surface area (Å²) in [5, 5.41) is 40.0. The third-order valence-corrected chi connectivity index (χ3v) is 10.3. The second-order valence-corrected chi connectivity index (χ2v) is 15.2. The first-order valence-corrected chi connectivity index (χ1v) is 21.6. The molecule has 0 aliphatic carbocycles. The van der Waals surface area contributed by atoms with E-state index in [0.29, 0.717) is 13.0 Å². The first-order valence-electron chi connectivity index (χ1n) is 21.6. The maximum atomic E-state index is 12.7. The van der Waals surface area contributed by atoms with Gasteiger partial charge in [0.2, 0.25) is 0 Å². The zero-order chi connectivity index (χ0) is 37.2. The van der Waals surface area contributed by atoms with Crippen molar-refractivity contribution in [2.24, 2.45) is 0 Å². The van der Waals surface area contributed by atoms with E-state index in [1.165, 1.54) is 148 Å². The van der Waals surface area contributed by atoms with Crippen LogP contribution in [0.2, 0.25) is 0 Å². The molecule has 0 aromatic rings. The summed E-state index contributed by atoms with van der Waals surface area (Å²) < 4.78 is 22.8. The van der Waals surface area contributed by atoms with Crippen molar-refractivity contribution in [2.45, 2.75) is 237 Å². The molecule has 6 unspecified atom stereocenters. The van der Waals surface area contributed by atoms with Gasteiger partial charge in [-0.25, -0.2) is 0 Å². The minimum absolute atomic E-state index is 0.106. The van der Waals surface area contributed by atoms with E-state index in [-0.39, 0.29) is 19.2 Å². The summed E-state index contributed by atoms with van der Waals surface area (Å²) in [6.07, 6.45) is 28.5. The number of ether oxygens (including phenoxy) is 4. The molecule has 9 heteroatoms. The molecule has 9 nitrogen and oxygen atoms in total. The highest BCUT2D eigenvalue weighted by Crippen LogP contribution is 2.23. The van der Waals surface area contributed by atoms with Crippen molar-refractivity contribution in [2.75, 3.05) is 26.4 Å². The van der Waals surface area contributed by atoms with Crippen LogP contribution in [0.4, 0.5) is 0 Å². The number of esters is 1. The lowest BCUT2D eigenvalue weighted by atomic mass is 9.99. The van der Waals surface area contributed by atoms with Gasteiger partial charge < -0.3 is 39.4 Å². The molecule has 1 saturated heterocycles. The summed E-state index contributed by atoms with van der Waals surface area (Å²) in [5.74, 6) is -0.311. The molecular formula is C42H82O9. The smallest absolute Gasteiger partial charge is 0.306 e. The molecule has 304 valence electrons. The summed E-state index contributed by atoms with van der Waals surface area (Å²) >= 11 is 0.